The fourth-order valence-corrected chi connectivity index (χ4v) is 3.21. The maximum atomic E-state index is 12.3. The first-order chi connectivity index (χ1) is 9.47. The molecule has 2 fully saturated rings. The van der Waals surface area contributed by atoms with Gasteiger partial charge in [0.2, 0.25) is 5.91 Å². The van der Waals surface area contributed by atoms with E-state index >= 15 is 0 Å². The predicted molar refractivity (Wildman–Crippen MR) is 80.6 cm³/mol. The largest absolute Gasteiger partial charge is 0.374 e. The van der Waals surface area contributed by atoms with Gasteiger partial charge in [0.1, 0.15) is 0 Å². The lowest BCUT2D eigenvalue weighted by Crippen LogP contribution is -2.45. The normalized spacial score (nSPS) is 29.1. The number of amides is 1. The van der Waals surface area contributed by atoms with Crippen molar-refractivity contribution < 1.29 is 9.53 Å². The molecule has 0 bridgehead atoms. The molecule has 0 aromatic heterocycles. The number of hydrogen-bond acceptors (Lipinski definition) is 3. The monoisotopic (exact) mass is 282 g/mol. The second-order valence-electron chi connectivity index (χ2n) is 6.76. The Labute approximate surface area is 123 Å². The molecule has 0 radical (unpaired) electrons. The molecule has 2 rings (SSSR count). The lowest BCUT2D eigenvalue weighted by Gasteiger charge is -2.35. The molecule has 2 saturated heterocycles. The molecule has 0 aromatic rings. The van der Waals surface area contributed by atoms with Crippen LogP contribution in [0.3, 0.4) is 0 Å². The van der Waals surface area contributed by atoms with Gasteiger partial charge in [-0.25, -0.2) is 0 Å². The van der Waals surface area contributed by atoms with E-state index in [0.717, 1.165) is 32.5 Å². The zero-order valence-corrected chi connectivity index (χ0v) is 13.5. The summed E-state index contributed by atoms with van der Waals surface area (Å²) in [5.74, 6) is 0.549. The summed E-state index contributed by atoms with van der Waals surface area (Å²) >= 11 is 0. The molecule has 2 unspecified atom stereocenters. The highest BCUT2D eigenvalue weighted by Gasteiger charge is 2.30. The summed E-state index contributed by atoms with van der Waals surface area (Å²) in [6.45, 7) is 9.43. The summed E-state index contributed by atoms with van der Waals surface area (Å²) in [5.41, 5.74) is 0. The second-order valence-corrected chi connectivity index (χ2v) is 6.76. The molecule has 0 spiro atoms. The Morgan fingerprint density at radius 2 is 1.90 bits per heavy atom. The van der Waals surface area contributed by atoms with Crippen molar-refractivity contribution in [3.05, 3.63) is 0 Å². The first kappa shape index (κ1) is 15.8. The number of carbonyl (C=O) groups excluding carboxylic acids is 1. The van der Waals surface area contributed by atoms with Crippen LogP contribution in [0.2, 0.25) is 0 Å². The molecule has 4 nitrogen and oxygen atoms in total. The summed E-state index contributed by atoms with van der Waals surface area (Å²) in [5, 5.41) is 0. The summed E-state index contributed by atoms with van der Waals surface area (Å²) in [6.07, 6.45) is 5.22. The summed E-state index contributed by atoms with van der Waals surface area (Å²) in [6, 6.07) is 0.300. The Morgan fingerprint density at radius 3 is 2.40 bits per heavy atom. The number of carbonyl (C=O) groups is 1. The third-order valence-corrected chi connectivity index (χ3v) is 4.84. The third kappa shape index (κ3) is 3.95. The Morgan fingerprint density at radius 1 is 1.25 bits per heavy atom. The number of nitrogens with zero attached hydrogens (tertiary/aromatic N) is 2. The van der Waals surface area contributed by atoms with E-state index in [4.69, 9.17) is 4.74 Å². The van der Waals surface area contributed by atoms with Crippen LogP contribution in [-0.2, 0) is 9.53 Å². The van der Waals surface area contributed by atoms with Crippen LogP contribution in [-0.4, -0.2) is 60.6 Å². The molecule has 2 aliphatic rings. The first-order valence-electron chi connectivity index (χ1n) is 8.12. The SMILES string of the molecule is CC1CCC(CN2CCC(C(=O)N(C)C(C)C)CC2)O1. The van der Waals surface area contributed by atoms with Crippen molar-refractivity contribution in [2.75, 3.05) is 26.7 Å². The lowest BCUT2D eigenvalue weighted by atomic mass is 9.94. The predicted octanol–water partition coefficient (Wildman–Crippen LogP) is 2.13. The molecular weight excluding hydrogens is 252 g/mol. The molecule has 4 heteroatoms. The van der Waals surface area contributed by atoms with Crippen LogP contribution in [0.4, 0.5) is 0 Å². The maximum Gasteiger partial charge on any atom is 0.225 e. The van der Waals surface area contributed by atoms with Crippen LogP contribution in [0.15, 0.2) is 0 Å². The van der Waals surface area contributed by atoms with Gasteiger partial charge >= 0.3 is 0 Å². The minimum absolute atomic E-state index is 0.224. The maximum absolute atomic E-state index is 12.3. The molecule has 0 N–H and O–H groups in total. The van der Waals surface area contributed by atoms with Gasteiger partial charge in [-0.05, 0) is 59.5 Å². The van der Waals surface area contributed by atoms with E-state index in [0.29, 0.717) is 24.2 Å². The average Bonchev–Trinajstić information content (AvgIpc) is 2.83. The lowest BCUT2D eigenvalue weighted by molar-refractivity contribution is -0.137. The van der Waals surface area contributed by atoms with Gasteiger partial charge in [-0.1, -0.05) is 0 Å². The van der Waals surface area contributed by atoms with Crippen molar-refractivity contribution in [3.63, 3.8) is 0 Å². The van der Waals surface area contributed by atoms with Gasteiger partial charge in [0, 0.05) is 25.6 Å². The molecule has 2 aliphatic heterocycles. The van der Waals surface area contributed by atoms with Crippen molar-refractivity contribution in [2.24, 2.45) is 5.92 Å². The summed E-state index contributed by atoms with van der Waals surface area (Å²) in [4.78, 5) is 16.7. The van der Waals surface area contributed by atoms with Gasteiger partial charge in [0.25, 0.3) is 0 Å². The first-order valence-corrected chi connectivity index (χ1v) is 8.12. The second kappa shape index (κ2) is 6.90. The van der Waals surface area contributed by atoms with Crippen molar-refractivity contribution in [2.45, 2.75) is 64.7 Å². The molecule has 116 valence electrons. The molecule has 1 amide bonds. The Kier molecular flexibility index (Phi) is 5.44. The molecule has 2 atom stereocenters. The zero-order valence-electron chi connectivity index (χ0n) is 13.5. The van der Waals surface area contributed by atoms with E-state index in [9.17, 15) is 4.79 Å². The quantitative estimate of drug-likeness (QED) is 0.792. The van der Waals surface area contributed by atoms with Crippen LogP contribution in [0.25, 0.3) is 0 Å². The number of piperidine rings is 1. The van der Waals surface area contributed by atoms with Crippen molar-refractivity contribution >= 4 is 5.91 Å². The Hall–Kier alpha value is -0.610. The highest BCUT2D eigenvalue weighted by atomic mass is 16.5. The number of rotatable bonds is 4. The van der Waals surface area contributed by atoms with E-state index in [-0.39, 0.29) is 5.92 Å². The van der Waals surface area contributed by atoms with E-state index in [1.165, 1.54) is 12.8 Å². The van der Waals surface area contributed by atoms with Crippen molar-refractivity contribution in [1.29, 1.82) is 0 Å². The van der Waals surface area contributed by atoms with Crippen LogP contribution in [0, 0.1) is 5.92 Å². The Balaban J connectivity index is 1.73. The summed E-state index contributed by atoms with van der Waals surface area (Å²) < 4.78 is 5.89. The smallest absolute Gasteiger partial charge is 0.225 e. The average molecular weight is 282 g/mol. The van der Waals surface area contributed by atoms with Gasteiger partial charge in [-0.15, -0.1) is 0 Å². The molecule has 20 heavy (non-hydrogen) atoms. The molecule has 0 aromatic carbocycles. The standard InChI is InChI=1S/C16H30N2O2/c1-12(2)17(4)16(19)14-7-9-18(10-8-14)11-15-6-5-13(3)20-15/h12-15H,5-11H2,1-4H3. The van der Waals surface area contributed by atoms with Gasteiger partial charge in [-0.2, -0.15) is 0 Å². The highest BCUT2D eigenvalue weighted by Crippen LogP contribution is 2.24. The topological polar surface area (TPSA) is 32.8 Å². The van der Waals surface area contributed by atoms with Crippen LogP contribution in [0.5, 0.6) is 0 Å². The van der Waals surface area contributed by atoms with Crippen LogP contribution < -0.4 is 0 Å². The van der Waals surface area contributed by atoms with Gasteiger partial charge < -0.3 is 14.5 Å². The van der Waals surface area contributed by atoms with Gasteiger partial charge in [0.15, 0.2) is 0 Å². The van der Waals surface area contributed by atoms with E-state index < -0.39 is 0 Å². The minimum Gasteiger partial charge on any atom is -0.374 e. The van der Waals surface area contributed by atoms with E-state index in [1.54, 1.807) is 0 Å². The number of likely N-dealkylation sites (tertiary alicyclic amines) is 1. The highest BCUT2D eigenvalue weighted by molar-refractivity contribution is 5.78. The van der Waals surface area contributed by atoms with Crippen molar-refractivity contribution in [1.82, 2.24) is 9.80 Å². The van der Waals surface area contributed by atoms with E-state index in [1.807, 2.05) is 11.9 Å². The minimum atomic E-state index is 0.224. The van der Waals surface area contributed by atoms with Gasteiger partial charge in [0.05, 0.1) is 12.2 Å². The van der Waals surface area contributed by atoms with Crippen molar-refractivity contribution in [3.8, 4) is 0 Å². The zero-order chi connectivity index (χ0) is 14.7. The van der Waals surface area contributed by atoms with Gasteiger partial charge in [-0.3, -0.25) is 4.79 Å². The third-order valence-electron chi connectivity index (χ3n) is 4.84. The molecule has 0 saturated carbocycles. The summed E-state index contributed by atoms with van der Waals surface area (Å²) in [7, 11) is 1.92. The fraction of sp³-hybridized carbons (Fsp3) is 0.938. The molecular formula is C16H30N2O2. The van der Waals surface area contributed by atoms with Crippen LogP contribution >= 0.6 is 0 Å². The fourth-order valence-electron chi connectivity index (χ4n) is 3.21. The van der Waals surface area contributed by atoms with E-state index in [2.05, 4.69) is 25.7 Å². The number of ether oxygens (including phenoxy) is 1. The molecule has 0 aliphatic carbocycles. The Bertz CT molecular complexity index is 324. The molecule has 2 heterocycles. The number of hydrogen-bond donors (Lipinski definition) is 0. The van der Waals surface area contributed by atoms with Crippen LogP contribution in [0.1, 0.15) is 46.5 Å².